The fourth-order valence-corrected chi connectivity index (χ4v) is 10.0. The smallest absolute Gasteiger partial charge is 0.291 e. The number of H-pyrrole nitrogens is 1. The number of anilines is 2. The number of hydrogen-bond donors (Lipinski definition) is 4. The molecule has 412 valence electrons. The summed E-state index contributed by atoms with van der Waals surface area (Å²) in [6, 6.07) is 15.4. The Morgan fingerprint density at radius 1 is 0.537 bits per heavy atom. The van der Waals surface area contributed by atoms with Gasteiger partial charge < -0.3 is 52.9 Å². The molecule has 0 aliphatic carbocycles. The largest absolute Gasteiger partial charge is 0.351 e. The number of rotatable bonds is 23. The van der Waals surface area contributed by atoms with Crippen molar-refractivity contribution in [3.63, 3.8) is 0 Å². The Morgan fingerprint density at radius 2 is 1.04 bits per heavy atom. The second-order valence-corrected chi connectivity index (χ2v) is 20.6. The molecular weight excluding hydrogens is 1020 g/mol. The summed E-state index contributed by atoms with van der Waals surface area (Å²) in [6.45, 7) is 3.82. The number of aromatic amines is 1. The van der Waals surface area contributed by atoms with E-state index in [1.165, 1.54) is 0 Å². The zero-order valence-corrected chi connectivity index (χ0v) is 46.1. The van der Waals surface area contributed by atoms with Crippen LogP contribution in [0.15, 0.2) is 104 Å². The molecule has 4 N–H and O–H groups in total. The van der Waals surface area contributed by atoms with Gasteiger partial charge in [-0.3, -0.25) is 38.4 Å². The molecule has 0 spiro atoms. The molecule has 0 aliphatic rings. The number of aryl methyl sites for hydroxylation is 7. The Bertz CT molecular complexity index is 3930. The third-order valence-corrected chi connectivity index (χ3v) is 14.4. The number of nitrogens with zero attached hydrogens (tertiary/aromatic N) is 9. The van der Waals surface area contributed by atoms with Crippen LogP contribution in [-0.2, 0) is 79.8 Å². The highest BCUT2D eigenvalue weighted by Crippen LogP contribution is 2.27. The molecule has 9 rings (SSSR count). The highest BCUT2D eigenvalue weighted by atomic mass is 16.2. The van der Waals surface area contributed by atoms with Crippen molar-refractivity contribution in [2.75, 3.05) is 17.2 Å². The maximum absolute atomic E-state index is 13.6. The zero-order chi connectivity index (χ0) is 57.3. The van der Waals surface area contributed by atoms with Crippen LogP contribution in [-0.4, -0.2) is 100 Å². The summed E-state index contributed by atoms with van der Waals surface area (Å²) < 4.78 is 11.9. The second-order valence-electron chi connectivity index (χ2n) is 20.6. The van der Waals surface area contributed by atoms with E-state index >= 15 is 0 Å². The quantitative estimate of drug-likeness (QED) is 0.0481. The molecule has 0 bridgehead atoms. The number of nitrogens with one attached hydrogen (secondary N) is 4. The number of fused-ring (bicyclic) bond motifs is 1. The van der Waals surface area contributed by atoms with Crippen molar-refractivity contribution in [1.29, 1.82) is 0 Å². The van der Waals surface area contributed by atoms with E-state index in [0.29, 0.717) is 97.5 Å². The fraction of sp³-hybridized carbons (Fsp3) is 0.288. The number of amides is 3. The highest BCUT2D eigenvalue weighted by molar-refractivity contribution is 6.07. The van der Waals surface area contributed by atoms with E-state index in [1.807, 2.05) is 11.6 Å². The third kappa shape index (κ3) is 11.9. The summed E-state index contributed by atoms with van der Waals surface area (Å²) >= 11 is 0. The van der Waals surface area contributed by atoms with Crippen LogP contribution in [0.25, 0.3) is 22.6 Å². The number of imidazole rings is 2. The molecule has 0 unspecified atom stereocenters. The van der Waals surface area contributed by atoms with Gasteiger partial charge in [-0.1, -0.05) is 13.8 Å². The maximum Gasteiger partial charge on any atom is 0.291 e. The summed E-state index contributed by atoms with van der Waals surface area (Å²) in [5.41, 5.74) is 8.23. The number of aromatic nitrogens is 10. The monoisotopic (exact) mass is 1080 g/mol. The van der Waals surface area contributed by atoms with Crippen LogP contribution in [0.4, 0.5) is 11.4 Å². The number of hydrogen-bond acceptors (Lipinski definition) is 10. The van der Waals surface area contributed by atoms with E-state index in [0.717, 1.165) is 5.56 Å². The van der Waals surface area contributed by atoms with Crippen molar-refractivity contribution in [3.05, 3.63) is 166 Å². The van der Waals surface area contributed by atoms with Crippen LogP contribution in [0.5, 0.6) is 0 Å². The SMILES string of the molecule is CCC(=O)c1cc(CC(=O)c2cc(CC(=O)c3cc(CC(=O)c4cc(CC(=O)[C@H](C)CCNC(=O)c5cc(NC(=O)c6ccc7nc(-c8cc(NC(=O)c9nccn9C)cn8C)[nH]c7c6)cn5C)cn4C)cn3C)cn2C)cn1C. The number of ketones is 5. The minimum atomic E-state index is -0.402. The van der Waals surface area contributed by atoms with Gasteiger partial charge >= 0.3 is 0 Å². The first-order valence-electron chi connectivity index (χ1n) is 26.1. The standard InChI is InChI=1S/C59H63N13O8/c1-10-50(73)44-17-36(29-67(44)4)22-52(75)46-19-38(31-69(46)6)24-54(77)47-20-37(30-70(47)7)23-53(76)45-18-35(28-68(45)5)21-51(74)34(2)13-14-61-58(79)49-27-41(33-72(49)9)62-57(78)39-11-12-42-43(25-39)65-55(64-42)48-26-40(32-71(48)8)63-59(80)56-60-15-16-66(56)3/h11-12,15-20,25-34H,10,13-14,21-24H2,1-9H3,(H,61,79)(H,62,78)(H,63,80)(H,64,65)/t34-/m1/s1. The van der Waals surface area contributed by atoms with Crippen LogP contribution < -0.4 is 16.0 Å². The molecule has 1 atom stereocenters. The molecule has 21 nitrogen and oxygen atoms in total. The normalized spacial score (nSPS) is 11.8. The van der Waals surface area contributed by atoms with Crippen molar-refractivity contribution >= 4 is 69.0 Å². The molecule has 0 fully saturated rings. The number of Topliss-reactive ketones (excluding diaryl/α,β-unsaturated/α-hetero) is 5. The van der Waals surface area contributed by atoms with Crippen LogP contribution >= 0.6 is 0 Å². The first-order chi connectivity index (χ1) is 38.1. The Morgan fingerprint density at radius 3 is 1.57 bits per heavy atom. The van der Waals surface area contributed by atoms with E-state index in [9.17, 15) is 38.4 Å². The topological polar surface area (TPSA) is 249 Å². The van der Waals surface area contributed by atoms with Crippen molar-refractivity contribution in [3.8, 4) is 11.5 Å². The van der Waals surface area contributed by atoms with Gasteiger partial charge in [-0.05, 0) is 83.3 Å². The van der Waals surface area contributed by atoms with Crippen LogP contribution in [0.3, 0.4) is 0 Å². The van der Waals surface area contributed by atoms with Crippen molar-refractivity contribution in [1.82, 2.24) is 52.2 Å². The third-order valence-electron chi connectivity index (χ3n) is 14.4. The molecule has 0 saturated carbocycles. The molecule has 0 radical (unpaired) electrons. The Balaban J connectivity index is 0.728. The first-order valence-corrected chi connectivity index (χ1v) is 26.1. The number of benzene rings is 1. The second kappa shape index (κ2) is 22.7. The molecule has 80 heavy (non-hydrogen) atoms. The predicted octanol–water partition coefficient (Wildman–Crippen LogP) is 6.94. The van der Waals surface area contributed by atoms with Crippen LogP contribution in [0, 0.1) is 5.92 Å². The highest BCUT2D eigenvalue weighted by Gasteiger charge is 2.24. The Labute approximate surface area is 460 Å². The Hall–Kier alpha value is -9.66. The van der Waals surface area contributed by atoms with E-state index in [2.05, 4.69) is 25.9 Å². The van der Waals surface area contributed by atoms with Gasteiger partial charge in [0.15, 0.2) is 34.8 Å². The van der Waals surface area contributed by atoms with E-state index in [-0.39, 0.29) is 78.8 Å². The average Bonchev–Trinajstić information content (AvgIpc) is 4.33. The van der Waals surface area contributed by atoms with Gasteiger partial charge in [0.25, 0.3) is 17.7 Å². The van der Waals surface area contributed by atoms with Crippen molar-refractivity contribution in [2.45, 2.75) is 52.4 Å². The van der Waals surface area contributed by atoms with Gasteiger partial charge in [0.1, 0.15) is 11.5 Å². The van der Waals surface area contributed by atoms with Crippen molar-refractivity contribution < 1.29 is 38.4 Å². The molecule has 8 heterocycles. The summed E-state index contributed by atoms with van der Waals surface area (Å²) in [5, 5.41) is 8.62. The van der Waals surface area contributed by atoms with Crippen LogP contribution in [0.1, 0.15) is 122 Å². The van der Waals surface area contributed by atoms with E-state index in [4.69, 9.17) is 4.98 Å². The van der Waals surface area contributed by atoms with Gasteiger partial charge in [0.2, 0.25) is 0 Å². The Kier molecular flexibility index (Phi) is 15.7. The number of carbonyl (C=O) groups is 8. The lowest BCUT2D eigenvalue weighted by atomic mass is 9.97. The van der Waals surface area contributed by atoms with Gasteiger partial charge in [0.05, 0.1) is 50.9 Å². The van der Waals surface area contributed by atoms with E-state index in [1.54, 1.807) is 188 Å². The average molecular weight is 1080 g/mol. The van der Waals surface area contributed by atoms with Gasteiger partial charge in [0, 0.05) is 149 Å². The maximum atomic E-state index is 13.6. The number of carbonyl (C=O) groups excluding carboxylic acids is 8. The first kappa shape index (κ1) is 55.1. The van der Waals surface area contributed by atoms with Gasteiger partial charge in [-0.15, -0.1) is 0 Å². The van der Waals surface area contributed by atoms with Gasteiger partial charge in [-0.25, -0.2) is 9.97 Å². The minimum absolute atomic E-state index is 0.00223. The summed E-state index contributed by atoms with van der Waals surface area (Å²) in [6.07, 6.45) is 14.8. The van der Waals surface area contributed by atoms with Crippen molar-refractivity contribution in [2.24, 2.45) is 55.3 Å². The zero-order valence-electron chi connectivity index (χ0n) is 46.1. The minimum Gasteiger partial charge on any atom is -0.351 e. The molecule has 3 amide bonds. The molecule has 21 heteroatoms. The summed E-state index contributed by atoms with van der Waals surface area (Å²) in [7, 11) is 12.3. The lowest BCUT2D eigenvalue weighted by Gasteiger charge is -2.11. The summed E-state index contributed by atoms with van der Waals surface area (Å²) in [4.78, 5) is 118. The lowest BCUT2D eigenvalue weighted by Crippen LogP contribution is -2.28. The summed E-state index contributed by atoms with van der Waals surface area (Å²) in [5.74, 6) is -1.23. The fourth-order valence-electron chi connectivity index (χ4n) is 10.0. The molecule has 1 aromatic carbocycles. The molecular formula is C59H63N13O8. The lowest BCUT2D eigenvalue weighted by molar-refractivity contribution is -0.121. The molecule has 0 saturated heterocycles. The molecule has 8 aromatic heterocycles. The van der Waals surface area contributed by atoms with Crippen LogP contribution in [0.2, 0.25) is 0 Å². The molecule has 0 aliphatic heterocycles. The molecule has 9 aromatic rings. The van der Waals surface area contributed by atoms with E-state index < -0.39 is 11.8 Å². The predicted molar refractivity (Wildman–Crippen MR) is 300 cm³/mol. The van der Waals surface area contributed by atoms with Gasteiger partial charge in [-0.2, -0.15) is 0 Å².